The van der Waals surface area contributed by atoms with Crippen LogP contribution in [0.1, 0.15) is 32.3 Å². The Bertz CT molecular complexity index is 351. The Kier molecular flexibility index (Phi) is 4.37. The third kappa shape index (κ3) is 3.19. The number of hydrogen-bond acceptors (Lipinski definition) is 3. The van der Waals surface area contributed by atoms with Crippen LogP contribution in [0.4, 0.5) is 5.82 Å². The molecular weight excluding hydrogens is 210 g/mol. The van der Waals surface area contributed by atoms with Gasteiger partial charge in [-0.05, 0) is 31.9 Å². The molecule has 0 radical (unpaired) electrons. The number of aromatic nitrogens is 1. The zero-order chi connectivity index (χ0) is 12.1. The van der Waals surface area contributed by atoms with Gasteiger partial charge in [0.15, 0.2) is 0 Å². The lowest BCUT2D eigenvalue weighted by atomic mass is 10.1. The molecule has 1 saturated heterocycles. The van der Waals surface area contributed by atoms with E-state index in [0.717, 1.165) is 24.8 Å². The van der Waals surface area contributed by atoms with E-state index in [4.69, 9.17) is 0 Å². The quantitative estimate of drug-likeness (QED) is 0.847. The molecule has 17 heavy (non-hydrogen) atoms. The normalized spacial score (nSPS) is 20.7. The van der Waals surface area contributed by atoms with Crippen LogP contribution >= 0.6 is 0 Å². The maximum Gasteiger partial charge on any atom is 0.130 e. The molecule has 0 aromatic carbocycles. The van der Waals surface area contributed by atoms with Gasteiger partial charge in [-0.2, -0.15) is 0 Å². The van der Waals surface area contributed by atoms with Gasteiger partial charge in [0.05, 0.1) is 0 Å². The molecule has 0 amide bonds. The number of anilines is 1. The predicted molar refractivity (Wildman–Crippen MR) is 72.1 cm³/mol. The zero-order valence-electron chi connectivity index (χ0n) is 10.9. The minimum absolute atomic E-state index is 0.897. The Morgan fingerprint density at radius 3 is 3.06 bits per heavy atom. The van der Waals surface area contributed by atoms with Crippen molar-refractivity contribution in [2.45, 2.75) is 33.2 Å². The molecule has 1 aliphatic heterocycles. The summed E-state index contributed by atoms with van der Waals surface area (Å²) in [4.78, 5) is 6.96. The standard InChI is InChI=1S/C14H23N3/c1-3-12-7-9-17(10-12)11-13-6-5-8-16-14(13)15-4-2/h5-6,8,12H,3-4,7,9-11H2,1-2H3,(H,15,16). The van der Waals surface area contributed by atoms with E-state index in [1.54, 1.807) is 0 Å². The molecule has 0 saturated carbocycles. The molecule has 2 rings (SSSR count). The van der Waals surface area contributed by atoms with E-state index >= 15 is 0 Å². The predicted octanol–water partition coefficient (Wildman–Crippen LogP) is 2.75. The second-order valence-corrected chi connectivity index (χ2v) is 4.84. The molecule has 0 bridgehead atoms. The topological polar surface area (TPSA) is 28.2 Å². The van der Waals surface area contributed by atoms with Crippen LogP contribution < -0.4 is 5.32 Å². The van der Waals surface area contributed by atoms with Crippen molar-refractivity contribution in [3.05, 3.63) is 23.9 Å². The van der Waals surface area contributed by atoms with Crippen LogP contribution in [0.15, 0.2) is 18.3 Å². The van der Waals surface area contributed by atoms with Gasteiger partial charge in [-0.15, -0.1) is 0 Å². The average Bonchev–Trinajstić information content (AvgIpc) is 2.80. The fraction of sp³-hybridized carbons (Fsp3) is 0.643. The van der Waals surface area contributed by atoms with E-state index in [2.05, 4.69) is 35.1 Å². The van der Waals surface area contributed by atoms with Crippen LogP contribution in [0.2, 0.25) is 0 Å². The Morgan fingerprint density at radius 1 is 1.47 bits per heavy atom. The van der Waals surface area contributed by atoms with Gasteiger partial charge in [0.1, 0.15) is 5.82 Å². The minimum Gasteiger partial charge on any atom is -0.370 e. The maximum absolute atomic E-state index is 4.41. The third-order valence-corrected chi connectivity index (χ3v) is 3.58. The van der Waals surface area contributed by atoms with Gasteiger partial charge in [0.25, 0.3) is 0 Å². The molecule has 1 atom stereocenters. The summed E-state index contributed by atoms with van der Waals surface area (Å²) in [7, 11) is 0. The fourth-order valence-electron chi connectivity index (χ4n) is 2.52. The van der Waals surface area contributed by atoms with Gasteiger partial charge in [-0.1, -0.05) is 19.4 Å². The number of rotatable bonds is 5. The lowest BCUT2D eigenvalue weighted by Gasteiger charge is -2.17. The number of pyridine rings is 1. The van der Waals surface area contributed by atoms with Gasteiger partial charge in [-0.25, -0.2) is 4.98 Å². The number of hydrogen-bond donors (Lipinski definition) is 1. The summed E-state index contributed by atoms with van der Waals surface area (Å²) in [5, 5.41) is 3.34. The second-order valence-electron chi connectivity index (χ2n) is 4.84. The molecule has 2 heterocycles. The highest BCUT2D eigenvalue weighted by Crippen LogP contribution is 2.22. The summed E-state index contributed by atoms with van der Waals surface area (Å²) in [6, 6.07) is 4.22. The third-order valence-electron chi connectivity index (χ3n) is 3.58. The Hall–Kier alpha value is -1.09. The van der Waals surface area contributed by atoms with E-state index < -0.39 is 0 Å². The molecule has 0 spiro atoms. The smallest absolute Gasteiger partial charge is 0.130 e. The SMILES string of the molecule is CCNc1ncccc1CN1CCC(CC)C1. The van der Waals surface area contributed by atoms with Crippen molar-refractivity contribution in [1.29, 1.82) is 0 Å². The largest absolute Gasteiger partial charge is 0.370 e. The summed E-state index contributed by atoms with van der Waals surface area (Å²) in [5.74, 6) is 1.95. The summed E-state index contributed by atoms with van der Waals surface area (Å²) in [5.41, 5.74) is 1.33. The molecule has 1 fully saturated rings. The number of nitrogens with zero attached hydrogens (tertiary/aromatic N) is 2. The van der Waals surface area contributed by atoms with Crippen LogP contribution in [0.5, 0.6) is 0 Å². The van der Waals surface area contributed by atoms with Gasteiger partial charge in [-0.3, -0.25) is 4.90 Å². The monoisotopic (exact) mass is 233 g/mol. The molecule has 1 aromatic heterocycles. The summed E-state index contributed by atoms with van der Waals surface area (Å²) in [6.07, 6.45) is 4.53. The van der Waals surface area contributed by atoms with E-state index in [0.29, 0.717) is 0 Å². The van der Waals surface area contributed by atoms with Gasteiger partial charge < -0.3 is 5.32 Å². The highest BCUT2D eigenvalue weighted by molar-refractivity contribution is 5.43. The lowest BCUT2D eigenvalue weighted by molar-refractivity contribution is 0.315. The van der Waals surface area contributed by atoms with Crippen molar-refractivity contribution in [3.63, 3.8) is 0 Å². The van der Waals surface area contributed by atoms with Crippen molar-refractivity contribution < 1.29 is 0 Å². The van der Waals surface area contributed by atoms with Crippen molar-refractivity contribution in [2.24, 2.45) is 5.92 Å². The molecular formula is C14H23N3. The van der Waals surface area contributed by atoms with Gasteiger partial charge in [0.2, 0.25) is 0 Å². The van der Waals surface area contributed by atoms with Gasteiger partial charge >= 0.3 is 0 Å². The first-order chi connectivity index (χ1) is 8.33. The van der Waals surface area contributed by atoms with Crippen molar-refractivity contribution in [3.8, 4) is 0 Å². The first-order valence-corrected chi connectivity index (χ1v) is 6.73. The molecule has 0 aliphatic carbocycles. The second kappa shape index (κ2) is 6.01. The molecule has 1 unspecified atom stereocenters. The number of likely N-dealkylation sites (tertiary alicyclic amines) is 1. The number of nitrogens with one attached hydrogen (secondary N) is 1. The van der Waals surface area contributed by atoms with Crippen LogP contribution in [0.3, 0.4) is 0 Å². The maximum atomic E-state index is 4.41. The Labute approximate surface area is 104 Å². The fourth-order valence-corrected chi connectivity index (χ4v) is 2.52. The summed E-state index contributed by atoms with van der Waals surface area (Å²) < 4.78 is 0. The van der Waals surface area contributed by atoms with Crippen molar-refractivity contribution >= 4 is 5.82 Å². The van der Waals surface area contributed by atoms with Crippen LogP contribution in [-0.2, 0) is 6.54 Å². The molecule has 3 nitrogen and oxygen atoms in total. The lowest BCUT2D eigenvalue weighted by Crippen LogP contribution is -2.21. The molecule has 1 aliphatic rings. The van der Waals surface area contributed by atoms with Crippen LogP contribution in [0.25, 0.3) is 0 Å². The van der Waals surface area contributed by atoms with E-state index in [1.165, 1.54) is 31.5 Å². The first-order valence-electron chi connectivity index (χ1n) is 6.73. The Morgan fingerprint density at radius 2 is 2.35 bits per heavy atom. The average molecular weight is 233 g/mol. The molecule has 3 heteroatoms. The highest BCUT2D eigenvalue weighted by Gasteiger charge is 2.21. The van der Waals surface area contributed by atoms with Crippen LogP contribution in [-0.4, -0.2) is 29.5 Å². The molecule has 94 valence electrons. The van der Waals surface area contributed by atoms with Gasteiger partial charge in [0, 0.05) is 31.4 Å². The van der Waals surface area contributed by atoms with E-state index in [1.807, 2.05) is 12.3 Å². The van der Waals surface area contributed by atoms with E-state index in [9.17, 15) is 0 Å². The summed E-state index contributed by atoms with van der Waals surface area (Å²) in [6.45, 7) is 8.86. The molecule has 1 aromatic rings. The van der Waals surface area contributed by atoms with Crippen LogP contribution in [0, 0.1) is 5.92 Å². The zero-order valence-corrected chi connectivity index (χ0v) is 10.9. The first kappa shape index (κ1) is 12.4. The Balaban J connectivity index is 1.98. The highest BCUT2D eigenvalue weighted by atomic mass is 15.1. The minimum atomic E-state index is 0.897. The van der Waals surface area contributed by atoms with Crippen molar-refractivity contribution in [1.82, 2.24) is 9.88 Å². The molecule has 1 N–H and O–H groups in total. The summed E-state index contributed by atoms with van der Waals surface area (Å²) >= 11 is 0. The van der Waals surface area contributed by atoms with E-state index in [-0.39, 0.29) is 0 Å². The van der Waals surface area contributed by atoms with Crippen molar-refractivity contribution in [2.75, 3.05) is 25.0 Å².